The first kappa shape index (κ1) is 15.7. The topological polar surface area (TPSA) is 67.2 Å². The Hall–Kier alpha value is -1.85. The molecule has 1 aromatic heterocycles. The van der Waals surface area contributed by atoms with Gasteiger partial charge in [-0.25, -0.2) is 0 Å². The minimum atomic E-state index is -0.150. The Balaban J connectivity index is 1.40. The van der Waals surface area contributed by atoms with Crippen LogP contribution in [0, 0.1) is 11.3 Å². The van der Waals surface area contributed by atoms with Crippen molar-refractivity contribution in [2.75, 3.05) is 6.54 Å². The van der Waals surface area contributed by atoms with E-state index in [2.05, 4.69) is 10.4 Å². The number of aryl methyl sites for hydroxylation is 1. The molecular formula is C18H26N4O2. The lowest BCUT2D eigenvalue weighted by Crippen LogP contribution is -2.38. The lowest BCUT2D eigenvalue weighted by Gasteiger charge is -2.30. The zero-order valence-electron chi connectivity index (χ0n) is 14.4. The van der Waals surface area contributed by atoms with E-state index in [4.69, 9.17) is 0 Å². The summed E-state index contributed by atoms with van der Waals surface area (Å²) < 4.78 is 2.01. The van der Waals surface area contributed by atoms with E-state index >= 15 is 0 Å². The van der Waals surface area contributed by atoms with Gasteiger partial charge in [-0.15, -0.1) is 0 Å². The normalized spacial score (nSPS) is 22.3. The molecular weight excluding hydrogens is 304 g/mol. The van der Waals surface area contributed by atoms with E-state index in [9.17, 15) is 9.59 Å². The fraction of sp³-hybridized carbons (Fsp3) is 0.722. The number of hydrogen-bond acceptors (Lipinski definition) is 3. The van der Waals surface area contributed by atoms with Crippen molar-refractivity contribution in [2.24, 2.45) is 11.3 Å². The molecule has 0 radical (unpaired) electrons. The molecule has 2 amide bonds. The summed E-state index contributed by atoms with van der Waals surface area (Å²) in [5.41, 5.74) is 1.82. The molecule has 4 rings (SSSR count). The predicted molar refractivity (Wildman–Crippen MR) is 88.8 cm³/mol. The first-order chi connectivity index (χ1) is 11.5. The van der Waals surface area contributed by atoms with Gasteiger partial charge in [0.15, 0.2) is 0 Å². The van der Waals surface area contributed by atoms with E-state index in [-0.39, 0.29) is 17.2 Å². The van der Waals surface area contributed by atoms with Crippen molar-refractivity contribution in [1.82, 2.24) is 20.0 Å². The molecule has 3 aliphatic rings. The first-order valence-corrected chi connectivity index (χ1v) is 9.18. The Morgan fingerprint density at radius 1 is 1.29 bits per heavy atom. The molecule has 1 aromatic rings. The van der Waals surface area contributed by atoms with Gasteiger partial charge in [-0.1, -0.05) is 13.3 Å². The van der Waals surface area contributed by atoms with Crippen LogP contribution in [0.15, 0.2) is 6.07 Å². The molecule has 0 saturated heterocycles. The second-order valence-corrected chi connectivity index (χ2v) is 7.83. The van der Waals surface area contributed by atoms with E-state index in [1.165, 1.54) is 6.42 Å². The van der Waals surface area contributed by atoms with Gasteiger partial charge in [0, 0.05) is 24.4 Å². The van der Waals surface area contributed by atoms with Crippen molar-refractivity contribution in [3.8, 4) is 0 Å². The van der Waals surface area contributed by atoms with Crippen LogP contribution in [0.25, 0.3) is 0 Å². The number of nitrogens with zero attached hydrogens (tertiary/aromatic N) is 3. The van der Waals surface area contributed by atoms with Gasteiger partial charge in [0.05, 0.1) is 24.5 Å². The van der Waals surface area contributed by atoms with Crippen LogP contribution in [0.4, 0.5) is 0 Å². The van der Waals surface area contributed by atoms with E-state index in [1.807, 2.05) is 22.6 Å². The largest absolute Gasteiger partial charge is 0.350 e. The number of rotatable bonds is 4. The highest BCUT2D eigenvalue weighted by Crippen LogP contribution is 2.45. The summed E-state index contributed by atoms with van der Waals surface area (Å²) in [6.07, 6.45) is 6.19. The number of carbonyl (C=O) groups excluding carboxylic acids is 2. The number of fused-ring (bicyclic) bond motifs is 1. The number of amides is 2. The van der Waals surface area contributed by atoms with Crippen molar-refractivity contribution in [3.05, 3.63) is 17.5 Å². The second-order valence-electron chi connectivity index (χ2n) is 7.83. The molecule has 2 heterocycles. The molecule has 2 aliphatic carbocycles. The molecule has 0 aromatic carbocycles. The van der Waals surface area contributed by atoms with E-state index in [1.54, 1.807) is 0 Å². The van der Waals surface area contributed by atoms with Crippen LogP contribution in [0.1, 0.15) is 56.8 Å². The molecule has 2 fully saturated rings. The Labute approximate surface area is 142 Å². The Kier molecular flexibility index (Phi) is 3.85. The van der Waals surface area contributed by atoms with Crippen molar-refractivity contribution in [2.45, 2.75) is 65.1 Å². The smallest absolute Gasteiger partial charge is 0.226 e. The number of hydrogen-bond donors (Lipinski definition) is 1. The monoisotopic (exact) mass is 330 g/mol. The number of aromatic nitrogens is 2. The molecule has 0 unspecified atom stereocenters. The third-order valence-electron chi connectivity index (χ3n) is 5.81. The zero-order chi connectivity index (χ0) is 16.7. The lowest BCUT2D eigenvalue weighted by molar-refractivity contribution is -0.138. The van der Waals surface area contributed by atoms with Crippen molar-refractivity contribution >= 4 is 11.8 Å². The van der Waals surface area contributed by atoms with Crippen LogP contribution in [0.5, 0.6) is 0 Å². The van der Waals surface area contributed by atoms with Crippen LogP contribution < -0.4 is 5.32 Å². The summed E-state index contributed by atoms with van der Waals surface area (Å²) in [6.45, 7) is 4.80. The van der Waals surface area contributed by atoms with Gasteiger partial charge in [0.1, 0.15) is 0 Å². The van der Waals surface area contributed by atoms with E-state index < -0.39 is 0 Å². The fourth-order valence-corrected chi connectivity index (χ4v) is 3.51. The van der Waals surface area contributed by atoms with Crippen LogP contribution in [-0.2, 0) is 29.2 Å². The van der Waals surface area contributed by atoms with Gasteiger partial charge in [-0.05, 0) is 38.2 Å². The Morgan fingerprint density at radius 3 is 2.75 bits per heavy atom. The zero-order valence-corrected chi connectivity index (χ0v) is 14.4. The third-order valence-corrected chi connectivity index (χ3v) is 5.81. The van der Waals surface area contributed by atoms with Gasteiger partial charge in [0.2, 0.25) is 11.8 Å². The standard InChI is InChI=1S/C18H26N4O2/c1-18(6-7-18)17(24)19-11-14-10-15-12-21(8-3-9-22(15)20-14)16(23)13-4-2-5-13/h10,13H,2-9,11-12H2,1H3,(H,19,24). The lowest BCUT2D eigenvalue weighted by atomic mass is 9.84. The molecule has 6 heteroatoms. The molecule has 2 saturated carbocycles. The number of carbonyl (C=O) groups is 2. The maximum Gasteiger partial charge on any atom is 0.226 e. The highest BCUT2D eigenvalue weighted by molar-refractivity contribution is 5.84. The summed E-state index contributed by atoms with van der Waals surface area (Å²) in [5.74, 6) is 0.692. The second kappa shape index (κ2) is 5.90. The van der Waals surface area contributed by atoms with Gasteiger partial charge in [-0.3, -0.25) is 14.3 Å². The number of nitrogens with one attached hydrogen (secondary N) is 1. The Bertz CT molecular complexity index is 658. The van der Waals surface area contributed by atoms with Crippen LogP contribution in [0.2, 0.25) is 0 Å². The maximum absolute atomic E-state index is 12.5. The SMILES string of the molecule is CC1(C(=O)NCc2cc3n(n2)CCCN(C(=O)C2CCC2)C3)CC1. The van der Waals surface area contributed by atoms with E-state index in [0.717, 1.165) is 56.6 Å². The van der Waals surface area contributed by atoms with Crippen LogP contribution in [-0.4, -0.2) is 33.0 Å². The summed E-state index contributed by atoms with van der Waals surface area (Å²) >= 11 is 0. The molecule has 0 atom stereocenters. The molecule has 0 bridgehead atoms. The summed E-state index contributed by atoms with van der Waals surface area (Å²) in [5, 5.41) is 7.62. The summed E-state index contributed by atoms with van der Waals surface area (Å²) in [7, 11) is 0. The minimum absolute atomic E-state index is 0.132. The van der Waals surface area contributed by atoms with Crippen molar-refractivity contribution in [3.63, 3.8) is 0 Å². The molecule has 6 nitrogen and oxygen atoms in total. The Morgan fingerprint density at radius 2 is 2.08 bits per heavy atom. The average molecular weight is 330 g/mol. The quantitative estimate of drug-likeness (QED) is 0.916. The van der Waals surface area contributed by atoms with Crippen molar-refractivity contribution < 1.29 is 9.59 Å². The first-order valence-electron chi connectivity index (χ1n) is 9.18. The van der Waals surface area contributed by atoms with Crippen LogP contribution >= 0.6 is 0 Å². The van der Waals surface area contributed by atoms with Gasteiger partial charge >= 0.3 is 0 Å². The summed E-state index contributed by atoms with van der Waals surface area (Å²) in [4.78, 5) is 26.6. The molecule has 24 heavy (non-hydrogen) atoms. The maximum atomic E-state index is 12.5. The molecule has 1 aliphatic heterocycles. The highest BCUT2D eigenvalue weighted by atomic mass is 16.2. The fourth-order valence-electron chi connectivity index (χ4n) is 3.51. The molecule has 1 N–H and O–H groups in total. The third kappa shape index (κ3) is 2.94. The van der Waals surface area contributed by atoms with Crippen LogP contribution in [0.3, 0.4) is 0 Å². The molecule has 130 valence electrons. The minimum Gasteiger partial charge on any atom is -0.350 e. The van der Waals surface area contributed by atoms with Gasteiger partial charge in [-0.2, -0.15) is 5.10 Å². The van der Waals surface area contributed by atoms with Crippen molar-refractivity contribution in [1.29, 1.82) is 0 Å². The van der Waals surface area contributed by atoms with E-state index in [0.29, 0.717) is 19.0 Å². The van der Waals surface area contributed by atoms with Gasteiger partial charge < -0.3 is 10.2 Å². The highest BCUT2D eigenvalue weighted by Gasteiger charge is 2.44. The predicted octanol–water partition coefficient (Wildman–Crippen LogP) is 1.83. The summed E-state index contributed by atoms with van der Waals surface area (Å²) in [6, 6.07) is 2.04. The average Bonchev–Trinajstić information content (AvgIpc) is 3.20. The van der Waals surface area contributed by atoms with Gasteiger partial charge in [0.25, 0.3) is 0 Å². The molecule has 0 spiro atoms.